The molecule has 3 aliphatic heterocycles. The van der Waals surface area contributed by atoms with E-state index in [4.69, 9.17) is 18.9 Å². The zero-order valence-electron chi connectivity index (χ0n) is 20.7. The molecular formula is C28H28N2O7. The molecule has 2 saturated heterocycles. The molecule has 9 nitrogen and oxygen atoms in total. The number of nitrogens with zero attached hydrogens (tertiary/aromatic N) is 2. The van der Waals surface area contributed by atoms with Gasteiger partial charge < -0.3 is 18.9 Å². The summed E-state index contributed by atoms with van der Waals surface area (Å²) in [6.07, 6.45) is 4.14. The molecule has 192 valence electrons. The second kappa shape index (κ2) is 8.61. The second-order valence-corrected chi connectivity index (χ2v) is 9.87. The van der Waals surface area contributed by atoms with Crippen LogP contribution in [0.25, 0.3) is 0 Å². The Balaban J connectivity index is 1.60. The lowest BCUT2D eigenvalue weighted by molar-refractivity contribution is -0.263. The van der Waals surface area contributed by atoms with Crippen LogP contribution >= 0.6 is 0 Å². The molecule has 2 spiro atoms. The van der Waals surface area contributed by atoms with Crippen molar-refractivity contribution in [3.8, 4) is 5.75 Å². The van der Waals surface area contributed by atoms with Crippen LogP contribution in [0.4, 0.5) is 0 Å². The van der Waals surface area contributed by atoms with E-state index >= 15 is 0 Å². The lowest BCUT2D eigenvalue weighted by Gasteiger charge is -2.45. The van der Waals surface area contributed by atoms with Crippen molar-refractivity contribution in [1.82, 2.24) is 5.01 Å². The normalized spacial score (nSPS) is 26.4. The summed E-state index contributed by atoms with van der Waals surface area (Å²) < 4.78 is 22.9. The quantitative estimate of drug-likeness (QED) is 0.461. The Kier molecular flexibility index (Phi) is 5.47. The van der Waals surface area contributed by atoms with E-state index in [0.717, 1.165) is 18.4 Å². The molecule has 0 bridgehead atoms. The van der Waals surface area contributed by atoms with Crippen LogP contribution in [0.15, 0.2) is 53.6 Å². The first-order valence-corrected chi connectivity index (χ1v) is 12.6. The van der Waals surface area contributed by atoms with Gasteiger partial charge in [0.2, 0.25) is 5.41 Å². The predicted molar refractivity (Wildman–Crippen MR) is 131 cm³/mol. The summed E-state index contributed by atoms with van der Waals surface area (Å²) >= 11 is 0. The van der Waals surface area contributed by atoms with Crippen LogP contribution in [-0.2, 0) is 28.6 Å². The van der Waals surface area contributed by atoms with Crippen LogP contribution in [-0.4, -0.2) is 54.7 Å². The number of rotatable bonds is 4. The van der Waals surface area contributed by atoms with Crippen LogP contribution < -0.4 is 4.74 Å². The maximum Gasteiger partial charge on any atom is 0.331 e. The van der Waals surface area contributed by atoms with Crippen molar-refractivity contribution in [1.29, 1.82) is 0 Å². The monoisotopic (exact) mass is 504 g/mol. The molecule has 0 aromatic heterocycles. The van der Waals surface area contributed by atoms with Gasteiger partial charge in [0.1, 0.15) is 11.8 Å². The van der Waals surface area contributed by atoms with Crippen molar-refractivity contribution in [2.75, 3.05) is 13.7 Å². The Bertz CT molecular complexity index is 1260. The summed E-state index contributed by atoms with van der Waals surface area (Å²) in [5, 5.41) is 6.13. The van der Waals surface area contributed by atoms with Crippen LogP contribution in [0.5, 0.6) is 5.75 Å². The van der Waals surface area contributed by atoms with Gasteiger partial charge in [-0.25, -0.2) is 4.79 Å². The van der Waals surface area contributed by atoms with Crippen molar-refractivity contribution < 1.29 is 33.3 Å². The van der Waals surface area contributed by atoms with Gasteiger partial charge in [0.15, 0.2) is 6.04 Å². The van der Waals surface area contributed by atoms with E-state index in [2.05, 4.69) is 5.10 Å². The molecule has 0 radical (unpaired) electrons. The number of hydrogen-bond acceptors (Lipinski definition) is 9. The highest BCUT2D eigenvalue weighted by molar-refractivity contribution is 6.06. The number of ether oxygens (including phenoxy) is 4. The number of hydrogen-bond donors (Lipinski definition) is 0. The Labute approximate surface area is 214 Å². The third kappa shape index (κ3) is 3.29. The Morgan fingerprint density at radius 2 is 1.73 bits per heavy atom. The fourth-order valence-corrected chi connectivity index (χ4v) is 6.41. The lowest BCUT2D eigenvalue weighted by Crippen LogP contribution is -2.59. The number of benzene rings is 2. The van der Waals surface area contributed by atoms with Gasteiger partial charge in [-0.3, -0.25) is 14.6 Å². The molecule has 6 rings (SSSR count). The number of hydrazone groups is 1. The highest BCUT2D eigenvalue weighted by Gasteiger charge is 2.76. The average molecular weight is 505 g/mol. The molecular weight excluding hydrogens is 476 g/mol. The molecule has 0 amide bonds. The van der Waals surface area contributed by atoms with Gasteiger partial charge in [-0.05, 0) is 48.6 Å². The molecule has 3 atom stereocenters. The van der Waals surface area contributed by atoms with E-state index in [9.17, 15) is 14.4 Å². The molecule has 1 saturated carbocycles. The first-order chi connectivity index (χ1) is 17.9. The number of carbonyl (C=O) groups excluding carboxylic acids is 3. The summed E-state index contributed by atoms with van der Waals surface area (Å²) in [7, 11) is 1.55. The summed E-state index contributed by atoms with van der Waals surface area (Å²) in [6, 6.07) is 12.4. The minimum atomic E-state index is -1.88. The number of methoxy groups -OCH3 is 1. The van der Waals surface area contributed by atoms with Gasteiger partial charge in [0, 0.05) is 18.8 Å². The highest BCUT2D eigenvalue weighted by Crippen LogP contribution is 2.63. The minimum Gasteiger partial charge on any atom is -0.497 e. The number of esters is 3. The minimum absolute atomic E-state index is 0.133. The van der Waals surface area contributed by atoms with Gasteiger partial charge in [-0.2, -0.15) is 5.10 Å². The summed E-state index contributed by atoms with van der Waals surface area (Å²) in [5.74, 6) is -3.61. The maximum absolute atomic E-state index is 14.3. The highest BCUT2D eigenvalue weighted by atomic mass is 16.7. The van der Waals surface area contributed by atoms with Crippen molar-refractivity contribution in [3.05, 3.63) is 65.2 Å². The summed E-state index contributed by atoms with van der Waals surface area (Å²) in [6.45, 7) is 1.85. The average Bonchev–Trinajstić information content (AvgIpc) is 3.48. The first kappa shape index (κ1) is 23.5. The van der Waals surface area contributed by atoms with E-state index in [1.54, 1.807) is 44.5 Å². The topological polar surface area (TPSA) is 104 Å². The van der Waals surface area contributed by atoms with Gasteiger partial charge in [0.05, 0.1) is 19.9 Å². The van der Waals surface area contributed by atoms with Crippen LogP contribution in [0.2, 0.25) is 0 Å². The largest absolute Gasteiger partial charge is 0.497 e. The van der Waals surface area contributed by atoms with E-state index in [0.29, 0.717) is 29.7 Å². The molecule has 4 aliphatic rings. The molecule has 0 unspecified atom stereocenters. The van der Waals surface area contributed by atoms with Gasteiger partial charge in [-0.15, -0.1) is 0 Å². The fraction of sp³-hybridized carbons (Fsp3) is 0.429. The molecule has 2 aromatic carbocycles. The van der Waals surface area contributed by atoms with Crippen molar-refractivity contribution in [2.24, 2.45) is 10.5 Å². The Morgan fingerprint density at radius 3 is 2.38 bits per heavy atom. The maximum atomic E-state index is 14.3. The third-order valence-electron chi connectivity index (χ3n) is 8.01. The lowest BCUT2D eigenvalue weighted by atomic mass is 9.65. The summed E-state index contributed by atoms with van der Waals surface area (Å²) in [5.41, 5.74) is 0.146. The third-order valence-corrected chi connectivity index (χ3v) is 8.01. The number of carbonyl (C=O) groups is 3. The standard InChI is InChI=1S/C28H28N2O7/c1-3-35-24(31)22-21(17-10-12-19(34-2)13-11-17)28(23-20-9-5-4-8-18(20)16-29-30(22)23)25(32)36-27(37-26(28)33)14-6-7-15-27/h4-5,8-13,16,21-23H,3,6-7,14-15H2,1-2H3/t21-,22-,23-/m1/s1. The van der Waals surface area contributed by atoms with Crippen LogP contribution in [0.3, 0.4) is 0 Å². The van der Waals surface area contributed by atoms with Crippen LogP contribution in [0.1, 0.15) is 61.3 Å². The van der Waals surface area contributed by atoms with E-state index in [1.165, 1.54) is 5.01 Å². The van der Waals surface area contributed by atoms with E-state index < -0.39 is 47.1 Å². The van der Waals surface area contributed by atoms with Crippen molar-refractivity contribution >= 4 is 24.1 Å². The second-order valence-electron chi connectivity index (χ2n) is 9.87. The smallest absolute Gasteiger partial charge is 0.331 e. The van der Waals surface area contributed by atoms with E-state index in [-0.39, 0.29) is 6.61 Å². The molecule has 3 heterocycles. The van der Waals surface area contributed by atoms with Gasteiger partial charge in [-0.1, -0.05) is 36.4 Å². The Hall–Kier alpha value is -3.88. The van der Waals surface area contributed by atoms with E-state index in [1.807, 2.05) is 24.3 Å². The molecule has 2 aromatic rings. The molecule has 37 heavy (non-hydrogen) atoms. The fourth-order valence-electron chi connectivity index (χ4n) is 6.41. The van der Waals surface area contributed by atoms with Gasteiger partial charge in [0.25, 0.3) is 5.79 Å². The molecule has 1 aliphatic carbocycles. The zero-order chi connectivity index (χ0) is 25.8. The molecule has 3 fully saturated rings. The van der Waals surface area contributed by atoms with Gasteiger partial charge >= 0.3 is 17.9 Å². The molecule has 0 N–H and O–H groups in total. The van der Waals surface area contributed by atoms with Crippen molar-refractivity contribution in [2.45, 2.75) is 56.4 Å². The first-order valence-electron chi connectivity index (χ1n) is 12.6. The molecule has 9 heteroatoms. The van der Waals surface area contributed by atoms with Crippen molar-refractivity contribution in [3.63, 3.8) is 0 Å². The zero-order valence-corrected chi connectivity index (χ0v) is 20.7. The predicted octanol–water partition coefficient (Wildman–Crippen LogP) is 3.47. The SMILES string of the molecule is CCOC(=O)[C@H]1[C@@H](c2ccc(OC)cc2)C2(C(=O)OC3(CCCC3)OC2=O)[C@H]2c3ccccc3C=NN12. The van der Waals surface area contributed by atoms with Crippen LogP contribution in [0, 0.1) is 5.41 Å². The number of fused-ring (bicyclic) bond motifs is 4. The summed E-state index contributed by atoms with van der Waals surface area (Å²) in [4.78, 5) is 42.2. The Morgan fingerprint density at radius 1 is 1.05 bits per heavy atom.